The van der Waals surface area contributed by atoms with Crippen molar-refractivity contribution in [3.8, 4) is 0 Å². The Labute approximate surface area is 365 Å². The molecule has 0 aromatic heterocycles. The van der Waals surface area contributed by atoms with Crippen molar-refractivity contribution in [2.45, 2.75) is 219 Å². The van der Waals surface area contributed by atoms with E-state index in [9.17, 15) is 23.8 Å². The first-order valence-corrected chi connectivity index (χ1v) is 25.2. The van der Waals surface area contributed by atoms with Crippen LogP contribution in [0.4, 0.5) is 0 Å². The predicted octanol–water partition coefficient (Wildman–Crippen LogP) is 13.0. The lowest BCUT2D eigenvalue weighted by Crippen LogP contribution is -2.34. The first kappa shape index (κ1) is 57.4. The van der Waals surface area contributed by atoms with Crippen LogP contribution in [-0.2, 0) is 37.5 Å². The summed E-state index contributed by atoms with van der Waals surface area (Å²) < 4.78 is 32.8. The Balaban J connectivity index is 4.35. The Morgan fingerprint density at radius 3 is 1.37 bits per heavy atom. The zero-order valence-corrected chi connectivity index (χ0v) is 38.7. The number of unbranched alkanes of at least 4 members (excludes halogenated alkanes) is 22. The number of carbonyl (C=O) groups excluding carboxylic acids is 2. The third kappa shape index (κ3) is 42.1. The molecule has 0 spiro atoms. The van der Waals surface area contributed by atoms with Crippen molar-refractivity contribution in [3.05, 3.63) is 48.6 Å². The first-order valence-electron chi connectivity index (χ1n) is 23.7. The molecule has 348 valence electrons. The maximum atomic E-state index is 12.7. The number of phosphoric acid groups is 1. The number of carbonyl (C=O) groups is 3. The minimum absolute atomic E-state index is 0.153. The van der Waals surface area contributed by atoms with Gasteiger partial charge in [0.1, 0.15) is 12.6 Å². The van der Waals surface area contributed by atoms with Gasteiger partial charge < -0.3 is 25.2 Å². The second-order valence-corrected chi connectivity index (χ2v) is 17.3. The van der Waals surface area contributed by atoms with Gasteiger partial charge >= 0.3 is 25.7 Å². The van der Waals surface area contributed by atoms with Crippen molar-refractivity contribution in [3.63, 3.8) is 0 Å². The summed E-state index contributed by atoms with van der Waals surface area (Å²) in [6, 6.07) is -1.53. The van der Waals surface area contributed by atoms with E-state index in [1.54, 1.807) is 0 Å². The first-order chi connectivity index (χ1) is 29.1. The van der Waals surface area contributed by atoms with Crippen LogP contribution in [0.2, 0.25) is 0 Å². The van der Waals surface area contributed by atoms with E-state index in [1.165, 1.54) is 103 Å². The number of phosphoric ester groups is 1. The summed E-state index contributed by atoms with van der Waals surface area (Å²) in [6.45, 7) is 2.76. The smallest absolute Gasteiger partial charge is 0.472 e. The van der Waals surface area contributed by atoms with E-state index in [0.29, 0.717) is 12.8 Å². The molecule has 11 nitrogen and oxygen atoms in total. The van der Waals surface area contributed by atoms with Crippen molar-refractivity contribution in [2.24, 2.45) is 5.73 Å². The van der Waals surface area contributed by atoms with Gasteiger partial charge in [0.25, 0.3) is 0 Å². The standard InChI is InChI=1S/C48H86NO10P/c1-3-5-7-9-11-13-15-17-19-21-22-24-26-28-30-32-34-36-38-40-47(51)59-44(42-57-60(54,55)58-43-45(49)48(52)53)41-56-46(50)39-37-35-33-31-29-27-25-23-20-18-16-14-12-10-8-6-4-2/h12,14,17-20,25,27,44-45H,3-11,13,15-16,21-24,26,28-43,49H2,1-2H3,(H,52,53)(H,54,55)/b14-12+,19-17+,20-18+,27-25+/t44-,45+/m1/s1. The lowest BCUT2D eigenvalue weighted by Gasteiger charge is -2.20. The zero-order valence-electron chi connectivity index (χ0n) is 37.8. The van der Waals surface area contributed by atoms with E-state index in [1.807, 2.05) is 0 Å². The highest BCUT2D eigenvalue weighted by molar-refractivity contribution is 7.47. The second-order valence-electron chi connectivity index (χ2n) is 15.9. The quantitative estimate of drug-likeness (QED) is 0.0230. The molecule has 0 radical (unpaired) electrons. The topological polar surface area (TPSA) is 172 Å². The average Bonchev–Trinajstić information content (AvgIpc) is 3.22. The van der Waals surface area contributed by atoms with Crippen molar-refractivity contribution in [2.75, 3.05) is 19.8 Å². The molecule has 0 heterocycles. The Kier molecular flexibility index (Phi) is 41.3. The monoisotopic (exact) mass is 868 g/mol. The van der Waals surface area contributed by atoms with Crippen LogP contribution in [0.1, 0.15) is 206 Å². The largest absolute Gasteiger partial charge is 0.480 e. The number of nitrogens with two attached hydrogens (primary N) is 1. The molecule has 0 fully saturated rings. The number of allylic oxidation sites excluding steroid dienone is 8. The van der Waals surface area contributed by atoms with Crippen LogP contribution in [0.5, 0.6) is 0 Å². The highest BCUT2D eigenvalue weighted by Gasteiger charge is 2.28. The van der Waals surface area contributed by atoms with Crippen LogP contribution in [0, 0.1) is 0 Å². The predicted molar refractivity (Wildman–Crippen MR) is 245 cm³/mol. The van der Waals surface area contributed by atoms with Gasteiger partial charge in [0.2, 0.25) is 0 Å². The summed E-state index contributed by atoms with van der Waals surface area (Å²) >= 11 is 0. The molecule has 60 heavy (non-hydrogen) atoms. The molecule has 0 amide bonds. The van der Waals surface area contributed by atoms with Gasteiger partial charge in [0.05, 0.1) is 13.2 Å². The normalized spacial score (nSPS) is 14.1. The van der Waals surface area contributed by atoms with E-state index in [0.717, 1.165) is 64.2 Å². The van der Waals surface area contributed by atoms with Gasteiger partial charge in [0, 0.05) is 12.8 Å². The Hall–Kier alpha value is -2.56. The third-order valence-electron chi connectivity index (χ3n) is 10.0. The number of hydrogen-bond donors (Lipinski definition) is 3. The fourth-order valence-corrected chi connectivity index (χ4v) is 7.08. The van der Waals surface area contributed by atoms with Gasteiger partial charge in [-0.1, -0.05) is 165 Å². The fraction of sp³-hybridized carbons (Fsp3) is 0.771. The van der Waals surface area contributed by atoms with Crippen LogP contribution < -0.4 is 5.73 Å². The minimum Gasteiger partial charge on any atom is -0.480 e. The number of hydrogen-bond acceptors (Lipinski definition) is 9. The molecule has 0 saturated carbocycles. The SMILES string of the molecule is CCCCC/C=C/C/C=C/C/C=C/CCCCCCC(=O)OC[C@H](COP(=O)(O)OC[C@H](N)C(=O)O)OC(=O)CCCCCCCCCCC/C=C/CCCCCCCC. The van der Waals surface area contributed by atoms with Gasteiger partial charge in [-0.05, 0) is 77.0 Å². The molecule has 0 aromatic rings. The summed E-state index contributed by atoms with van der Waals surface area (Å²) in [5.41, 5.74) is 5.34. The number of aliphatic carboxylic acids is 1. The number of ether oxygens (including phenoxy) is 2. The van der Waals surface area contributed by atoms with Gasteiger partial charge in [-0.2, -0.15) is 0 Å². The molecule has 0 saturated heterocycles. The van der Waals surface area contributed by atoms with Crippen molar-refractivity contribution in [1.29, 1.82) is 0 Å². The van der Waals surface area contributed by atoms with Crippen molar-refractivity contribution in [1.82, 2.24) is 0 Å². The highest BCUT2D eigenvalue weighted by atomic mass is 31.2. The minimum atomic E-state index is -4.73. The lowest BCUT2D eigenvalue weighted by atomic mass is 10.1. The van der Waals surface area contributed by atoms with Gasteiger partial charge in [-0.25, -0.2) is 4.57 Å². The number of esters is 2. The van der Waals surface area contributed by atoms with Gasteiger partial charge in [-0.15, -0.1) is 0 Å². The summed E-state index contributed by atoms with van der Waals surface area (Å²) in [5, 5.41) is 8.90. The van der Waals surface area contributed by atoms with E-state index < -0.39 is 51.1 Å². The molecule has 0 aliphatic carbocycles. The molecule has 0 aromatic carbocycles. The van der Waals surface area contributed by atoms with E-state index in [2.05, 4.69) is 67.0 Å². The van der Waals surface area contributed by atoms with Crippen LogP contribution in [0.15, 0.2) is 48.6 Å². The highest BCUT2D eigenvalue weighted by Crippen LogP contribution is 2.43. The van der Waals surface area contributed by atoms with Gasteiger partial charge in [0.15, 0.2) is 6.10 Å². The molecular weight excluding hydrogens is 781 g/mol. The molecule has 0 bridgehead atoms. The zero-order chi connectivity index (χ0) is 44.2. The summed E-state index contributed by atoms with van der Waals surface area (Å²) in [6.07, 6.45) is 48.8. The average molecular weight is 868 g/mol. The Morgan fingerprint density at radius 1 is 0.517 bits per heavy atom. The maximum Gasteiger partial charge on any atom is 0.472 e. The van der Waals surface area contributed by atoms with Crippen molar-refractivity contribution >= 4 is 25.7 Å². The summed E-state index contributed by atoms with van der Waals surface area (Å²) in [7, 11) is -4.73. The van der Waals surface area contributed by atoms with Crippen LogP contribution in [0.3, 0.4) is 0 Å². The fourth-order valence-electron chi connectivity index (χ4n) is 6.30. The summed E-state index contributed by atoms with van der Waals surface area (Å²) in [5.74, 6) is -2.41. The van der Waals surface area contributed by atoms with Crippen LogP contribution in [-0.4, -0.2) is 59.9 Å². The number of carboxylic acids is 1. The molecule has 12 heteroatoms. The number of carboxylic acid groups (broad SMARTS) is 1. The Bertz CT molecular complexity index is 1200. The van der Waals surface area contributed by atoms with E-state index >= 15 is 0 Å². The Morgan fingerprint density at radius 2 is 0.883 bits per heavy atom. The molecular formula is C48H86NO10P. The van der Waals surface area contributed by atoms with Crippen LogP contribution >= 0.6 is 7.82 Å². The molecule has 1 unspecified atom stereocenters. The lowest BCUT2D eigenvalue weighted by molar-refractivity contribution is -0.161. The summed E-state index contributed by atoms with van der Waals surface area (Å²) in [4.78, 5) is 46.1. The maximum absolute atomic E-state index is 12.7. The molecule has 0 aliphatic heterocycles. The van der Waals surface area contributed by atoms with Crippen LogP contribution in [0.25, 0.3) is 0 Å². The molecule has 3 atom stereocenters. The molecule has 0 rings (SSSR count). The third-order valence-corrected chi connectivity index (χ3v) is 11.0. The van der Waals surface area contributed by atoms with E-state index in [-0.39, 0.29) is 19.4 Å². The van der Waals surface area contributed by atoms with Gasteiger partial charge in [-0.3, -0.25) is 23.4 Å². The van der Waals surface area contributed by atoms with Crippen molar-refractivity contribution < 1.29 is 47.5 Å². The molecule has 4 N–H and O–H groups in total. The second kappa shape index (κ2) is 43.1. The van der Waals surface area contributed by atoms with E-state index in [4.69, 9.17) is 24.8 Å². The number of rotatable bonds is 44. The molecule has 0 aliphatic rings.